The van der Waals surface area contributed by atoms with Crippen molar-refractivity contribution in [2.75, 3.05) is 11.9 Å². The molecule has 1 amide bonds. The zero-order valence-corrected chi connectivity index (χ0v) is 11.5. The van der Waals surface area contributed by atoms with Crippen molar-refractivity contribution in [2.24, 2.45) is 0 Å². The third-order valence-corrected chi connectivity index (χ3v) is 3.66. The summed E-state index contributed by atoms with van der Waals surface area (Å²) in [6.07, 6.45) is 0. The Balaban J connectivity index is 2.74. The van der Waals surface area contributed by atoms with Crippen LogP contribution in [0.15, 0.2) is 24.3 Å². The van der Waals surface area contributed by atoms with Crippen LogP contribution in [0.25, 0.3) is 0 Å². The van der Waals surface area contributed by atoms with Gasteiger partial charge in [-0.25, -0.2) is 0 Å². The second-order valence-electron chi connectivity index (χ2n) is 4.04. The predicted octanol–water partition coefficient (Wildman–Crippen LogP) is 2.04. The largest absolute Gasteiger partial charge is 0.395 e. The average molecular weight is 284 g/mol. The Labute approximate surface area is 115 Å². The van der Waals surface area contributed by atoms with Gasteiger partial charge in [-0.05, 0) is 13.0 Å². The summed E-state index contributed by atoms with van der Waals surface area (Å²) in [5, 5.41) is 21.8. The van der Waals surface area contributed by atoms with E-state index in [0.717, 1.165) is 0 Å². The van der Waals surface area contributed by atoms with Gasteiger partial charge in [0.1, 0.15) is 5.69 Å². The molecule has 2 N–H and O–H groups in total. The maximum absolute atomic E-state index is 11.9. The number of nitrogens with zero attached hydrogens (tertiary/aromatic N) is 1. The van der Waals surface area contributed by atoms with Crippen LogP contribution in [0.3, 0.4) is 0 Å². The number of anilines is 1. The lowest BCUT2D eigenvalue weighted by Gasteiger charge is -2.15. The van der Waals surface area contributed by atoms with Gasteiger partial charge >= 0.3 is 0 Å². The maximum atomic E-state index is 11.9. The van der Waals surface area contributed by atoms with E-state index in [1.807, 2.05) is 0 Å². The lowest BCUT2D eigenvalue weighted by molar-refractivity contribution is -0.383. The van der Waals surface area contributed by atoms with E-state index in [1.165, 1.54) is 23.9 Å². The van der Waals surface area contributed by atoms with Crippen LogP contribution in [0, 0.1) is 10.1 Å². The molecular weight excluding hydrogens is 268 g/mol. The fourth-order valence-electron chi connectivity index (χ4n) is 1.43. The minimum atomic E-state index is -0.538. The Morgan fingerprint density at radius 3 is 2.68 bits per heavy atom. The van der Waals surface area contributed by atoms with Crippen LogP contribution < -0.4 is 5.32 Å². The minimum Gasteiger partial charge on any atom is -0.395 e. The fraction of sp³-hybridized carbons (Fsp3) is 0.417. The molecule has 0 heterocycles. The lowest BCUT2D eigenvalue weighted by Crippen LogP contribution is -2.25. The molecule has 0 fully saturated rings. The van der Waals surface area contributed by atoms with Crippen molar-refractivity contribution in [1.29, 1.82) is 0 Å². The van der Waals surface area contributed by atoms with E-state index in [9.17, 15) is 14.9 Å². The molecule has 0 radical (unpaired) electrons. The number of thioether (sulfide) groups is 1. The highest BCUT2D eigenvalue weighted by atomic mass is 32.2. The summed E-state index contributed by atoms with van der Waals surface area (Å²) < 4.78 is 0. The molecule has 2 atom stereocenters. The zero-order chi connectivity index (χ0) is 14.4. The van der Waals surface area contributed by atoms with Crippen molar-refractivity contribution in [2.45, 2.75) is 24.3 Å². The van der Waals surface area contributed by atoms with Crippen LogP contribution in [0.1, 0.15) is 13.8 Å². The smallest absolute Gasteiger partial charge is 0.292 e. The number of nitrogens with one attached hydrogen (secondary N) is 1. The van der Waals surface area contributed by atoms with E-state index >= 15 is 0 Å². The highest BCUT2D eigenvalue weighted by Crippen LogP contribution is 2.25. The predicted molar refractivity (Wildman–Crippen MR) is 75.3 cm³/mol. The van der Waals surface area contributed by atoms with Crippen LogP contribution >= 0.6 is 11.8 Å². The number of para-hydroxylation sites is 2. The minimum absolute atomic E-state index is 0.0201. The van der Waals surface area contributed by atoms with Crippen molar-refractivity contribution in [3.63, 3.8) is 0 Å². The van der Waals surface area contributed by atoms with Gasteiger partial charge in [0.05, 0.1) is 16.8 Å². The number of carbonyl (C=O) groups is 1. The molecule has 6 nitrogen and oxygen atoms in total. The highest BCUT2D eigenvalue weighted by Gasteiger charge is 2.20. The summed E-state index contributed by atoms with van der Waals surface area (Å²) in [6, 6.07) is 5.99. The Hall–Kier alpha value is -1.60. The topological polar surface area (TPSA) is 92.5 Å². The second kappa shape index (κ2) is 7.10. The number of amides is 1. The lowest BCUT2D eigenvalue weighted by atomic mass is 10.2. The summed E-state index contributed by atoms with van der Waals surface area (Å²) in [6.45, 7) is 3.48. The third kappa shape index (κ3) is 4.53. The third-order valence-electron chi connectivity index (χ3n) is 2.42. The van der Waals surface area contributed by atoms with Gasteiger partial charge in [0.15, 0.2) is 0 Å². The Morgan fingerprint density at radius 1 is 1.47 bits per heavy atom. The molecule has 1 aromatic rings. The number of hydrogen-bond acceptors (Lipinski definition) is 5. The standard InChI is InChI=1S/C12H16N2O4S/c1-8(7-15)19-9(2)12(16)13-10-5-3-4-6-11(10)14(17)18/h3-6,8-9,15H,7H2,1-2H3,(H,13,16)/t8-,9+/m0/s1. The molecule has 104 valence electrons. The van der Waals surface area contributed by atoms with Gasteiger partial charge in [-0.15, -0.1) is 11.8 Å². The maximum Gasteiger partial charge on any atom is 0.292 e. The summed E-state index contributed by atoms with van der Waals surface area (Å²) in [5.41, 5.74) is 0.0462. The summed E-state index contributed by atoms with van der Waals surface area (Å²) in [4.78, 5) is 22.2. The number of aliphatic hydroxyl groups is 1. The number of nitro benzene ring substituents is 1. The van der Waals surface area contributed by atoms with E-state index in [2.05, 4.69) is 5.32 Å². The van der Waals surface area contributed by atoms with E-state index < -0.39 is 10.2 Å². The van der Waals surface area contributed by atoms with E-state index in [-0.39, 0.29) is 29.1 Å². The summed E-state index contributed by atoms with van der Waals surface area (Å²) in [5.74, 6) is -0.320. The zero-order valence-electron chi connectivity index (χ0n) is 10.7. The van der Waals surface area contributed by atoms with Crippen LogP contribution in [-0.2, 0) is 4.79 Å². The molecule has 1 aromatic carbocycles. The number of rotatable bonds is 6. The van der Waals surface area contributed by atoms with Crippen molar-refractivity contribution in [3.8, 4) is 0 Å². The monoisotopic (exact) mass is 284 g/mol. The molecule has 0 bridgehead atoms. The summed E-state index contributed by atoms with van der Waals surface area (Å²) >= 11 is 1.31. The molecule has 0 spiro atoms. The van der Waals surface area contributed by atoms with E-state index in [4.69, 9.17) is 5.11 Å². The van der Waals surface area contributed by atoms with Crippen LogP contribution in [-0.4, -0.2) is 33.0 Å². The van der Waals surface area contributed by atoms with Crippen molar-refractivity contribution in [3.05, 3.63) is 34.4 Å². The Kier molecular flexibility index (Phi) is 5.78. The van der Waals surface area contributed by atoms with Gasteiger partial charge < -0.3 is 10.4 Å². The number of hydrogen-bond donors (Lipinski definition) is 2. The van der Waals surface area contributed by atoms with E-state index in [1.54, 1.807) is 26.0 Å². The molecule has 0 saturated heterocycles. The molecule has 0 saturated carbocycles. The Bertz CT molecular complexity index is 467. The van der Waals surface area contributed by atoms with Gasteiger partial charge in [0.25, 0.3) is 5.69 Å². The molecule has 0 unspecified atom stereocenters. The fourth-order valence-corrected chi connectivity index (χ4v) is 2.39. The van der Waals surface area contributed by atoms with Crippen LogP contribution in [0.4, 0.5) is 11.4 Å². The highest BCUT2D eigenvalue weighted by molar-refractivity contribution is 8.01. The van der Waals surface area contributed by atoms with Gasteiger partial charge in [-0.3, -0.25) is 14.9 Å². The first-order chi connectivity index (χ1) is 8.95. The molecule has 1 rings (SSSR count). The van der Waals surface area contributed by atoms with Crippen molar-refractivity contribution in [1.82, 2.24) is 0 Å². The molecule has 19 heavy (non-hydrogen) atoms. The number of carbonyl (C=O) groups excluding carboxylic acids is 1. The number of nitro groups is 1. The van der Waals surface area contributed by atoms with Crippen LogP contribution in [0.2, 0.25) is 0 Å². The first-order valence-corrected chi connectivity index (χ1v) is 6.70. The summed E-state index contributed by atoms with van der Waals surface area (Å²) in [7, 11) is 0. The molecule has 0 aliphatic heterocycles. The first kappa shape index (κ1) is 15.5. The second-order valence-corrected chi connectivity index (χ2v) is 5.82. The number of benzene rings is 1. The van der Waals surface area contributed by atoms with E-state index in [0.29, 0.717) is 0 Å². The molecule has 0 aliphatic carbocycles. The van der Waals surface area contributed by atoms with Crippen molar-refractivity contribution >= 4 is 29.0 Å². The Morgan fingerprint density at radius 2 is 2.11 bits per heavy atom. The first-order valence-electron chi connectivity index (χ1n) is 5.76. The van der Waals surface area contributed by atoms with Crippen LogP contribution in [0.5, 0.6) is 0 Å². The molecule has 0 aromatic heterocycles. The quantitative estimate of drug-likeness (QED) is 0.616. The van der Waals surface area contributed by atoms with Crippen molar-refractivity contribution < 1.29 is 14.8 Å². The van der Waals surface area contributed by atoms with Gasteiger partial charge in [0.2, 0.25) is 5.91 Å². The van der Waals surface area contributed by atoms with Gasteiger partial charge in [-0.1, -0.05) is 19.1 Å². The number of aliphatic hydroxyl groups excluding tert-OH is 1. The van der Waals surface area contributed by atoms with Gasteiger partial charge in [0, 0.05) is 11.3 Å². The molecule has 7 heteroatoms. The SMILES string of the molecule is C[C@@H](CO)S[C@H](C)C(=O)Nc1ccccc1[N+](=O)[O-]. The molecule has 0 aliphatic rings. The van der Waals surface area contributed by atoms with Gasteiger partial charge in [-0.2, -0.15) is 0 Å². The molecular formula is C12H16N2O4S. The average Bonchev–Trinajstić information content (AvgIpc) is 2.38. The normalized spacial score (nSPS) is 13.6.